The number of hydrogen-bond donors (Lipinski definition) is 1. The number of benzene rings is 2. The van der Waals surface area contributed by atoms with E-state index < -0.39 is 0 Å². The lowest BCUT2D eigenvalue weighted by Crippen LogP contribution is -2.26. The largest absolute Gasteiger partial charge is 0.355 e. The maximum atomic E-state index is 12.1. The first-order valence-electron chi connectivity index (χ1n) is 9.71. The number of nitrogens with one attached hydrogen (secondary N) is 1. The number of carbonyl (C=O) groups is 1. The maximum Gasteiger partial charge on any atom is 0.230 e. The molecule has 2 aromatic carbocycles. The minimum Gasteiger partial charge on any atom is -0.355 e. The van der Waals surface area contributed by atoms with Crippen LogP contribution in [0.25, 0.3) is 5.69 Å². The summed E-state index contributed by atoms with van der Waals surface area (Å²) in [5, 5.41) is 11.9. The van der Waals surface area contributed by atoms with E-state index in [0.717, 1.165) is 23.0 Å². The molecule has 0 aliphatic carbocycles. The first kappa shape index (κ1) is 21.5. The van der Waals surface area contributed by atoms with Gasteiger partial charge in [0.05, 0.1) is 5.75 Å². The molecule has 0 saturated carbocycles. The molecule has 3 aromatic rings. The number of amides is 1. The Hall–Kier alpha value is -2.25. The first-order valence-corrected chi connectivity index (χ1v) is 11.7. The highest BCUT2D eigenvalue weighted by atomic mass is 32.2. The quantitative estimate of drug-likeness (QED) is 0.373. The van der Waals surface area contributed by atoms with Crippen LogP contribution in [0, 0.1) is 0 Å². The molecular formula is C22H26N4OS2. The number of thioether (sulfide) groups is 2. The van der Waals surface area contributed by atoms with Crippen molar-refractivity contribution in [3.05, 3.63) is 66.5 Å². The van der Waals surface area contributed by atoms with Crippen LogP contribution >= 0.6 is 23.5 Å². The lowest BCUT2D eigenvalue weighted by atomic mass is 10.0. The van der Waals surface area contributed by atoms with Crippen molar-refractivity contribution < 1.29 is 4.79 Å². The summed E-state index contributed by atoms with van der Waals surface area (Å²) in [6, 6.07) is 18.7. The molecule has 152 valence electrons. The van der Waals surface area contributed by atoms with Crippen molar-refractivity contribution in [1.82, 2.24) is 20.1 Å². The molecule has 1 amide bonds. The molecule has 0 radical (unpaired) electrons. The second-order valence-electron chi connectivity index (χ2n) is 6.88. The van der Waals surface area contributed by atoms with Crippen LogP contribution in [0.3, 0.4) is 0 Å². The molecule has 0 fully saturated rings. The van der Waals surface area contributed by atoms with Crippen molar-refractivity contribution in [3.8, 4) is 5.69 Å². The van der Waals surface area contributed by atoms with Crippen LogP contribution in [0.15, 0.2) is 71.0 Å². The van der Waals surface area contributed by atoms with E-state index >= 15 is 0 Å². The fraction of sp³-hybridized carbons (Fsp3) is 0.318. The molecule has 0 spiro atoms. The standard InChI is InChI=1S/C22H26N4OS2/c1-17(2)18-9-11-19(12-10-18)26-16-24-25-22(26)29-15-21(27)23-13-6-14-28-20-7-4-3-5-8-20/h3-5,7-12,16-17H,6,13-15H2,1-2H3,(H,23,27). The van der Waals surface area contributed by atoms with Crippen LogP contribution in [0.5, 0.6) is 0 Å². The summed E-state index contributed by atoms with van der Waals surface area (Å²) < 4.78 is 1.92. The van der Waals surface area contributed by atoms with Crippen molar-refractivity contribution in [2.24, 2.45) is 0 Å². The van der Waals surface area contributed by atoms with E-state index in [1.165, 1.54) is 22.2 Å². The van der Waals surface area contributed by atoms with E-state index in [2.05, 4.69) is 65.8 Å². The highest BCUT2D eigenvalue weighted by Gasteiger charge is 2.10. The van der Waals surface area contributed by atoms with Crippen molar-refractivity contribution in [1.29, 1.82) is 0 Å². The Balaban J connectivity index is 1.41. The molecule has 1 N–H and O–H groups in total. The zero-order valence-corrected chi connectivity index (χ0v) is 18.4. The van der Waals surface area contributed by atoms with Crippen molar-refractivity contribution in [2.45, 2.75) is 36.2 Å². The van der Waals surface area contributed by atoms with Crippen LogP contribution in [-0.2, 0) is 4.79 Å². The summed E-state index contributed by atoms with van der Waals surface area (Å²) >= 11 is 3.21. The van der Waals surface area contributed by atoms with Gasteiger partial charge in [-0.3, -0.25) is 9.36 Å². The summed E-state index contributed by atoms with van der Waals surface area (Å²) in [4.78, 5) is 13.4. The Labute approximate surface area is 180 Å². The van der Waals surface area contributed by atoms with E-state index in [1.54, 1.807) is 6.33 Å². The van der Waals surface area contributed by atoms with Gasteiger partial charge in [-0.2, -0.15) is 0 Å². The van der Waals surface area contributed by atoms with Gasteiger partial charge in [0.25, 0.3) is 0 Å². The SMILES string of the molecule is CC(C)c1ccc(-n2cnnc2SCC(=O)NCCCSc2ccccc2)cc1. The Kier molecular flexibility index (Phi) is 8.19. The minimum atomic E-state index is 0.0180. The average molecular weight is 427 g/mol. The average Bonchev–Trinajstić information content (AvgIpc) is 3.21. The number of nitrogens with zero attached hydrogens (tertiary/aromatic N) is 3. The number of carbonyl (C=O) groups excluding carboxylic acids is 1. The van der Waals surface area contributed by atoms with Gasteiger partial charge < -0.3 is 5.32 Å². The molecule has 0 saturated heterocycles. The number of aromatic nitrogens is 3. The summed E-state index contributed by atoms with van der Waals surface area (Å²) in [6.45, 7) is 5.03. The molecular weight excluding hydrogens is 400 g/mol. The summed E-state index contributed by atoms with van der Waals surface area (Å²) in [7, 11) is 0. The van der Waals surface area contributed by atoms with Crippen LogP contribution < -0.4 is 5.32 Å². The summed E-state index contributed by atoms with van der Waals surface area (Å²) in [5.41, 5.74) is 2.29. The van der Waals surface area contributed by atoms with E-state index in [4.69, 9.17) is 0 Å². The third kappa shape index (κ3) is 6.65. The molecule has 0 unspecified atom stereocenters. The smallest absolute Gasteiger partial charge is 0.230 e. The predicted molar refractivity (Wildman–Crippen MR) is 121 cm³/mol. The predicted octanol–water partition coefficient (Wildman–Crippen LogP) is 4.78. The van der Waals surface area contributed by atoms with E-state index in [-0.39, 0.29) is 5.91 Å². The second kappa shape index (κ2) is 11.1. The highest BCUT2D eigenvalue weighted by Crippen LogP contribution is 2.22. The first-order chi connectivity index (χ1) is 14.1. The number of rotatable bonds is 10. The minimum absolute atomic E-state index is 0.0180. The van der Waals surface area contributed by atoms with Gasteiger partial charge in [-0.05, 0) is 47.9 Å². The molecule has 0 aliphatic rings. The summed E-state index contributed by atoms with van der Waals surface area (Å²) in [5.74, 6) is 1.82. The zero-order chi connectivity index (χ0) is 20.5. The van der Waals surface area contributed by atoms with Gasteiger partial charge in [-0.15, -0.1) is 22.0 Å². The molecule has 0 aliphatic heterocycles. The third-order valence-electron chi connectivity index (χ3n) is 4.34. The van der Waals surface area contributed by atoms with Crippen LogP contribution in [0.1, 0.15) is 31.7 Å². The Bertz CT molecular complexity index is 895. The maximum absolute atomic E-state index is 12.1. The van der Waals surface area contributed by atoms with Crippen LogP contribution in [0.2, 0.25) is 0 Å². The van der Waals surface area contributed by atoms with Crippen LogP contribution in [-0.4, -0.2) is 38.7 Å². The fourth-order valence-electron chi connectivity index (χ4n) is 2.71. The van der Waals surface area contributed by atoms with E-state index in [1.807, 2.05) is 34.5 Å². The highest BCUT2D eigenvalue weighted by molar-refractivity contribution is 7.99. The van der Waals surface area contributed by atoms with Crippen molar-refractivity contribution in [2.75, 3.05) is 18.1 Å². The number of hydrogen-bond acceptors (Lipinski definition) is 5. The lowest BCUT2D eigenvalue weighted by molar-refractivity contribution is -0.118. The molecule has 5 nitrogen and oxygen atoms in total. The second-order valence-corrected chi connectivity index (χ2v) is 8.99. The van der Waals surface area contributed by atoms with Gasteiger partial charge in [0.15, 0.2) is 5.16 Å². The van der Waals surface area contributed by atoms with E-state index in [0.29, 0.717) is 18.2 Å². The van der Waals surface area contributed by atoms with Crippen molar-refractivity contribution in [3.63, 3.8) is 0 Å². The normalized spacial score (nSPS) is 11.0. The molecule has 0 atom stereocenters. The Morgan fingerprint density at radius 2 is 1.83 bits per heavy atom. The topological polar surface area (TPSA) is 59.8 Å². The lowest BCUT2D eigenvalue weighted by Gasteiger charge is -2.09. The zero-order valence-electron chi connectivity index (χ0n) is 16.7. The van der Waals surface area contributed by atoms with Gasteiger partial charge in [-0.25, -0.2) is 0 Å². The van der Waals surface area contributed by atoms with Crippen LogP contribution in [0.4, 0.5) is 0 Å². The monoisotopic (exact) mass is 426 g/mol. The van der Waals surface area contributed by atoms with Gasteiger partial charge in [0, 0.05) is 17.1 Å². The molecule has 1 aromatic heterocycles. The van der Waals surface area contributed by atoms with Gasteiger partial charge in [0.1, 0.15) is 6.33 Å². The molecule has 1 heterocycles. The van der Waals surface area contributed by atoms with Gasteiger partial charge in [-0.1, -0.05) is 55.9 Å². The van der Waals surface area contributed by atoms with Gasteiger partial charge >= 0.3 is 0 Å². The fourth-order valence-corrected chi connectivity index (χ4v) is 4.34. The Morgan fingerprint density at radius 3 is 2.55 bits per heavy atom. The van der Waals surface area contributed by atoms with Gasteiger partial charge in [0.2, 0.25) is 5.91 Å². The molecule has 3 rings (SSSR count). The van der Waals surface area contributed by atoms with E-state index in [9.17, 15) is 4.79 Å². The molecule has 7 heteroatoms. The molecule has 29 heavy (non-hydrogen) atoms. The third-order valence-corrected chi connectivity index (χ3v) is 6.38. The Morgan fingerprint density at radius 1 is 1.07 bits per heavy atom. The molecule has 0 bridgehead atoms. The summed E-state index contributed by atoms with van der Waals surface area (Å²) in [6.07, 6.45) is 2.62. The van der Waals surface area contributed by atoms with Crippen molar-refractivity contribution >= 4 is 29.4 Å².